The quantitative estimate of drug-likeness (QED) is 0.710. The van der Waals surface area contributed by atoms with E-state index >= 15 is 0 Å². The van der Waals surface area contributed by atoms with E-state index in [0.29, 0.717) is 11.8 Å². The Morgan fingerprint density at radius 3 is 2.22 bits per heavy atom. The van der Waals surface area contributed by atoms with Crippen LogP contribution in [-0.2, 0) is 19.1 Å². The van der Waals surface area contributed by atoms with E-state index in [4.69, 9.17) is 9.47 Å². The van der Waals surface area contributed by atoms with Crippen molar-refractivity contribution in [3.05, 3.63) is 0 Å². The lowest BCUT2D eigenvalue weighted by molar-refractivity contribution is -0.165. The molecule has 0 aromatic rings. The van der Waals surface area contributed by atoms with Gasteiger partial charge < -0.3 is 9.47 Å². The molecule has 0 amide bonds. The van der Waals surface area contributed by atoms with E-state index in [-0.39, 0.29) is 24.0 Å². The molecule has 2 aliphatic rings. The van der Waals surface area contributed by atoms with Gasteiger partial charge in [-0.05, 0) is 24.7 Å². The molecule has 0 radical (unpaired) electrons. The number of rotatable bonds is 2. The molecule has 102 valence electrons. The minimum absolute atomic E-state index is 0.231. The van der Waals surface area contributed by atoms with E-state index in [1.165, 1.54) is 39.7 Å². The second-order valence-electron chi connectivity index (χ2n) is 5.55. The molecule has 0 bridgehead atoms. The van der Waals surface area contributed by atoms with Crippen LogP contribution < -0.4 is 0 Å². The van der Waals surface area contributed by atoms with Crippen LogP contribution in [0.3, 0.4) is 0 Å². The second kappa shape index (κ2) is 5.72. The summed E-state index contributed by atoms with van der Waals surface area (Å²) in [5.74, 6) is 0.422. The number of hydrogen-bond acceptors (Lipinski definition) is 4. The van der Waals surface area contributed by atoms with Crippen molar-refractivity contribution in [1.82, 2.24) is 0 Å². The summed E-state index contributed by atoms with van der Waals surface area (Å²) in [7, 11) is 1.40. The van der Waals surface area contributed by atoms with Crippen molar-refractivity contribution in [3.63, 3.8) is 0 Å². The fourth-order valence-electron chi connectivity index (χ4n) is 3.59. The monoisotopic (exact) mass is 254 g/mol. The lowest BCUT2D eigenvalue weighted by Crippen LogP contribution is -2.43. The minimum atomic E-state index is -0.303. The van der Waals surface area contributed by atoms with Gasteiger partial charge in [0.2, 0.25) is 0 Å². The number of carbonyl (C=O) groups is 2. The van der Waals surface area contributed by atoms with Crippen molar-refractivity contribution in [2.24, 2.45) is 17.8 Å². The standard InChI is InChI=1S/C14H22O4/c1-9(15)18-13-8-11-6-4-3-5-10(11)7-12(13)14(16)17-2/h10-13H,3-8H2,1-2H3. The molecule has 0 aromatic heterocycles. The zero-order chi connectivity index (χ0) is 13.1. The molecule has 0 heterocycles. The maximum absolute atomic E-state index is 11.8. The highest BCUT2D eigenvalue weighted by atomic mass is 16.6. The van der Waals surface area contributed by atoms with Crippen molar-refractivity contribution in [1.29, 1.82) is 0 Å². The van der Waals surface area contributed by atoms with Gasteiger partial charge in [-0.2, -0.15) is 0 Å². The van der Waals surface area contributed by atoms with Crippen LogP contribution in [-0.4, -0.2) is 25.2 Å². The average Bonchev–Trinajstić information content (AvgIpc) is 2.36. The summed E-state index contributed by atoms with van der Waals surface area (Å²) in [6, 6.07) is 0. The Balaban J connectivity index is 2.08. The molecule has 2 fully saturated rings. The molecule has 2 saturated carbocycles. The van der Waals surface area contributed by atoms with E-state index in [1.807, 2.05) is 0 Å². The zero-order valence-corrected chi connectivity index (χ0v) is 11.2. The van der Waals surface area contributed by atoms with Gasteiger partial charge in [0.1, 0.15) is 6.10 Å². The summed E-state index contributed by atoms with van der Waals surface area (Å²) in [5.41, 5.74) is 0. The first-order chi connectivity index (χ1) is 8.61. The zero-order valence-electron chi connectivity index (χ0n) is 11.2. The van der Waals surface area contributed by atoms with E-state index < -0.39 is 0 Å². The van der Waals surface area contributed by atoms with Gasteiger partial charge in [0.15, 0.2) is 0 Å². The van der Waals surface area contributed by atoms with E-state index in [2.05, 4.69) is 0 Å². The Hall–Kier alpha value is -1.06. The van der Waals surface area contributed by atoms with Gasteiger partial charge in [-0.1, -0.05) is 25.7 Å². The lowest BCUT2D eigenvalue weighted by Gasteiger charge is -2.42. The Kier molecular flexibility index (Phi) is 4.25. The molecule has 4 nitrogen and oxygen atoms in total. The summed E-state index contributed by atoms with van der Waals surface area (Å²) >= 11 is 0. The Bertz CT molecular complexity index is 326. The molecule has 0 N–H and O–H groups in total. The lowest BCUT2D eigenvalue weighted by atomic mass is 9.66. The fourth-order valence-corrected chi connectivity index (χ4v) is 3.59. The molecule has 0 aliphatic heterocycles. The first kappa shape index (κ1) is 13.4. The fraction of sp³-hybridized carbons (Fsp3) is 0.857. The predicted octanol–water partition coefficient (Wildman–Crippen LogP) is 2.31. The van der Waals surface area contributed by atoms with E-state index in [0.717, 1.165) is 12.8 Å². The maximum Gasteiger partial charge on any atom is 0.312 e. The molecular formula is C14H22O4. The topological polar surface area (TPSA) is 52.6 Å². The van der Waals surface area contributed by atoms with Gasteiger partial charge >= 0.3 is 11.9 Å². The predicted molar refractivity (Wildman–Crippen MR) is 65.7 cm³/mol. The Morgan fingerprint density at radius 2 is 1.67 bits per heavy atom. The van der Waals surface area contributed by atoms with Crippen molar-refractivity contribution in [2.75, 3.05) is 7.11 Å². The summed E-state index contributed by atoms with van der Waals surface area (Å²) in [6.45, 7) is 1.40. The summed E-state index contributed by atoms with van der Waals surface area (Å²) in [5, 5.41) is 0. The number of esters is 2. The average molecular weight is 254 g/mol. The maximum atomic E-state index is 11.8. The smallest absolute Gasteiger partial charge is 0.312 e. The molecule has 2 rings (SSSR count). The van der Waals surface area contributed by atoms with Gasteiger partial charge in [-0.3, -0.25) is 9.59 Å². The van der Waals surface area contributed by atoms with Crippen LogP contribution in [0.4, 0.5) is 0 Å². The normalized spacial score (nSPS) is 35.4. The van der Waals surface area contributed by atoms with Crippen LogP contribution in [0.2, 0.25) is 0 Å². The van der Waals surface area contributed by atoms with Gasteiger partial charge in [0, 0.05) is 6.92 Å². The highest BCUT2D eigenvalue weighted by Crippen LogP contribution is 2.44. The first-order valence-corrected chi connectivity index (χ1v) is 6.87. The number of ether oxygens (including phenoxy) is 2. The third kappa shape index (κ3) is 2.85. The van der Waals surface area contributed by atoms with E-state index in [1.54, 1.807) is 0 Å². The number of methoxy groups -OCH3 is 1. The van der Waals surface area contributed by atoms with Crippen LogP contribution in [0, 0.1) is 17.8 Å². The number of fused-ring (bicyclic) bond motifs is 1. The molecule has 2 aliphatic carbocycles. The molecule has 4 atom stereocenters. The molecule has 0 saturated heterocycles. The van der Waals surface area contributed by atoms with Crippen molar-refractivity contribution < 1.29 is 19.1 Å². The van der Waals surface area contributed by atoms with Gasteiger partial charge in [0.25, 0.3) is 0 Å². The van der Waals surface area contributed by atoms with Gasteiger partial charge in [0.05, 0.1) is 13.0 Å². The molecule has 4 heteroatoms. The third-order valence-electron chi connectivity index (χ3n) is 4.43. The molecule has 4 unspecified atom stereocenters. The van der Waals surface area contributed by atoms with E-state index in [9.17, 15) is 9.59 Å². The van der Waals surface area contributed by atoms with Crippen molar-refractivity contribution in [2.45, 2.75) is 51.6 Å². The first-order valence-electron chi connectivity index (χ1n) is 6.87. The second-order valence-corrected chi connectivity index (χ2v) is 5.55. The molecule has 18 heavy (non-hydrogen) atoms. The Morgan fingerprint density at radius 1 is 1.06 bits per heavy atom. The number of carbonyl (C=O) groups excluding carboxylic acids is 2. The Labute approximate surface area is 108 Å². The molecule has 0 spiro atoms. The van der Waals surface area contributed by atoms with Crippen LogP contribution in [0.1, 0.15) is 45.4 Å². The van der Waals surface area contributed by atoms with Crippen molar-refractivity contribution in [3.8, 4) is 0 Å². The van der Waals surface area contributed by atoms with Gasteiger partial charge in [-0.15, -0.1) is 0 Å². The van der Waals surface area contributed by atoms with Crippen LogP contribution in [0.5, 0.6) is 0 Å². The SMILES string of the molecule is COC(=O)C1CC2CCCCC2CC1OC(C)=O. The largest absolute Gasteiger partial charge is 0.469 e. The van der Waals surface area contributed by atoms with Crippen LogP contribution in [0.25, 0.3) is 0 Å². The van der Waals surface area contributed by atoms with Crippen molar-refractivity contribution >= 4 is 11.9 Å². The minimum Gasteiger partial charge on any atom is -0.469 e. The summed E-state index contributed by atoms with van der Waals surface area (Å²) in [6.07, 6.45) is 6.28. The molecular weight excluding hydrogens is 232 g/mol. The van der Waals surface area contributed by atoms with Gasteiger partial charge in [-0.25, -0.2) is 0 Å². The highest BCUT2D eigenvalue weighted by Gasteiger charge is 2.43. The highest BCUT2D eigenvalue weighted by molar-refractivity contribution is 5.74. The van der Waals surface area contributed by atoms with Crippen LogP contribution >= 0.6 is 0 Å². The van der Waals surface area contributed by atoms with Crippen LogP contribution in [0.15, 0.2) is 0 Å². The number of hydrogen-bond donors (Lipinski definition) is 0. The molecule has 0 aromatic carbocycles. The summed E-state index contributed by atoms with van der Waals surface area (Å²) in [4.78, 5) is 23.0. The summed E-state index contributed by atoms with van der Waals surface area (Å²) < 4.78 is 10.2. The third-order valence-corrected chi connectivity index (χ3v) is 4.43.